The number of halogens is 3. The number of alkyl halides is 3. The summed E-state index contributed by atoms with van der Waals surface area (Å²) in [7, 11) is -3.91. The molecule has 2 rings (SSSR count). The van der Waals surface area contributed by atoms with Crippen LogP contribution in [0.3, 0.4) is 0 Å². The number of anilines is 1. The summed E-state index contributed by atoms with van der Waals surface area (Å²) in [5.41, 5.74) is -1.73. The number of sulfonamides is 1. The fraction of sp³-hybridized carbons (Fsp3) is 0.0588. The Kier molecular flexibility index (Phi) is 5.68. The number of nitrogens with one attached hydrogen (secondary N) is 1. The van der Waals surface area contributed by atoms with E-state index >= 15 is 0 Å². The predicted molar refractivity (Wildman–Crippen MR) is 91.5 cm³/mol. The maximum absolute atomic E-state index is 13.0. The molecule has 2 aromatic carbocycles. The second kappa shape index (κ2) is 7.61. The number of hydrogen-bond acceptors (Lipinski definition) is 4. The second-order valence-corrected chi connectivity index (χ2v) is 6.84. The lowest BCUT2D eigenvalue weighted by atomic mass is 10.0. The fourth-order valence-electron chi connectivity index (χ4n) is 2.11. The van der Waals surface area contributed by atoms with Gasteiger partial charge >= 0.3 is 6.18 Å². The molecule has 140 valence electrons. The lowest BCUT2D eigenvalue weighted by Crippen LogP contribution is -2.15. The van der Waals surface area contributed by atoms with Gasteiger partial charge in [0.25, 0.3) is 5.91 Å². The number of nitriles is 1. The number of primary sulfonamides is 1. The van der Waals surface area contributed by atoms with Crippen molar-refractivity contribution in [1.82, 2.24) is 0 Å². The number of nitrogens with two attached hydrogens (primary N) is 1. The first kappa shape index (κ1) is 20.2. The van der Waals surface area contributed by atoms with Gasteiger partial charge in [-0.3, -0.25) is 4.79 Å². The van der Waals surface area contributed by atoms with Crippen LogP contribution >= 0.6 is 0 Å². The van der Waals surface area contributed by atoms with Crippen molar-refractivity contribution < 1.29 is 26.4 Å². The summed E-state index contributed by atoms with van der Waals surface area (Å²) >= 11 is 0. The van der Waals surface area contributed by atoms with E-state index in [1.807, 2.05) is 0 Å². The highest BCUT2D eigenvalue weighted by atomic mass is 32.2. The molecule has 2 aromatic rings. The molecule has 0 saturated heterocycles. The standard InChI is InChI=1S/C17H12F3N3O3S/c18-17(19,20)15-4-2-1-3-11(15)9-12(10-21)16(24)23-13-5-7-14(8-6-13)27(22,25)26/h1-9H,(H,23,24)(H2,22,25,26). The fourth-order valence-corrected chi connectivity index (χ4v) is 2.63. The van der Waals surface area contributed by atoms with E-state index in [1.54, 1.807) is 6.07 Å². The number of nitrogens with zero attached hydrogens (tertiary/aromatic N) is 1. The minimum Gasteiger partial charge on any atom is -0.321 e. The van der Waals surface area contributed by atoms with E-state index in [1.165, 1.54) is 24.3 Å². The van der Waals surface area contributed by atoms with Crippen LogP contribution in [0.1, 0.15) is 11.1 Å². The van der Waals surface area contributed by atoms with Crippen molar-refractivity contribution in [2.75, 3.05) is 5.32 Å². The van der Waals surface area contributed by atoms with Crippen LogP contribution in [0.4, 0.5) is 18.9 Å². The van der Waals surface area contributed by atoms with Crippen LogP contribution in [0, 0.1) is 11.3 Å². The molecule has 27 heavy (non-hydrogen) atoms. The molecule has 0 heterocycles. The molecule has 0 aliphatic rings. The zero-order valence-electron chi connectivity index (χ0n) is 13.5. The van der Waals surface area contributed by atoms with Crippen molar-refractivity contribution in [3.8, 4) is 6.07 Å². The van der Waals surface area contributed by atoms with Crippen LogP contribution in [0.25, 0.3) is 6.08 Å². The van der Waals surface area contributed by atoms with Gasteiger partial charge in [-0.25, -0.2) is 13.6 Å². The summed E-state index contributed by atoms with van der Waals surface area (Å²) in [6.07, 6.45) is -3.81. The van der Waals surface area contributed by atoms with Crippen LogP contribution in [0.15, 0.2) is 59.0 Å². The van der Waals surface area contributed by atoms with E-state index in [0.717, 1.165) is 30.3 Å². The molecule has 0 spiro atoms. The Morgan fingerprint density at radius 1 is 1.11 bits per heavy atom. The minimum absolute atomic E-state index is 0.137. The Hall–Kier alpha value is -3.16. The molecule has 0 atom stereocenters. The second-order valence-electron chi connectivity index (χ2n) is 5.28. The first-order chi connectivity index (χ1) is 12.5. The zero-order valence-corrected chi connectivity index (χ0v) is 14.3. The Labute approximate surface area is 152 Å². The Bertz CT molecular complexity index is 1040. The van der Waals surface area contributed by atoms with Crippen molar-refractivity contribution in [1.29, 1.82) is 5.26 Å². The highest BCUT2D eigenvalue weighted by Crippen LogP contribution is 2.32. The van der Waals surface area contributed by atoms with Gasteiger partial charge in [0, 0.05) is 5.69 Å². The molecule has 0 saturated carbocycles. The number of hydrogen-bond donors (Lipinski definition) is 2. The Balaban J connectivity index is 2.30. The molecule has 0 fully saturated rings. The lowest BCUT2D eigenvalue weighted by molar-refractivity contribution is -0.137. The largest absolute Gasteiger partial charge is 0.416 e. The zero-order chi connectivity index (χ0) is 20.2. The average Bonchev–Trinajstić information content (AvgIpc) is 2.58. The van der Waals surface area contributed by atoms with Crippen molar-refractivity contribution in [3.63, 3.8) is 0 Å². The number of amides is 1. The van der Waals surface area contributed by atoms with Gasteiger partial charge in [0.15, 0.2) is 0 Å². The van der Waals surface area contributed by atoms with Crippen LogP contribution in [0.5, 0.6) is 0 Å². The summed E-state index contributed by atoms with van der Waals surface area (Å²) in [5, 5.41) is 16.4. The van der Waals surface area contributed by atoms with Gasteiger partial charge in [-0.1, -0.05) is 18.2 Å². The quantitative estimate of drug-likeness (QED) is 0.612. The first-order valence-electron chi connectivity index (χ1n) is 7.24. The molecule has 0 radical (unpaired) electrons. The number of carbonyl (C=O) groups is 1. The summed E-state index contributed by atoms with van der Waals surface area (Å²) in [4.78, 5) is 12.0. The topological polar surface area (TPSA) is 113 Å². The van der Waals surface area contributed by atoms with Gasteiger partial charge in [0.2, 0.25) is 10.0 Å². The molecule has 0 unspecified atom stereocenters. The third-order valence-electron chi connectivity index (χ3n) is 3.37. The van der Waals surface area contributed by atoms with E-state index < -0.39 is 33.2 Å². The van der Waals surface area contributed by atoms with Gasteiger partial charge in [-0.05, 0) is 42.0 Å². The van der Waals surface area contributed by atoms with Crippen molar-refractivity contribution in [2.45, 2.75) is 11.1 Å². The summed E-state index contributed by atoms with van der Waals surface area (Å²) < 4.78 is 61.4. The smallest absolute Gasteiger partial charge is 0.321 e. The van der Waals surface area contributed by atoms with Crippen molar-refractivity contribution in [3.05, 3.63) is 65.2 Å². The molecule has 0 aliphatic carbocycles. The van der Waals surface area contributed by atoms with Gasteiger partial charge < -0.3 is 5.32 Å². The van der Waals surface area contributed by atoms with Crippen LogP contribution < -0.4 is 10.5 Å². The van der Waals surface area contributed by atoms with E-state index in [0.29, 0.717) is 0 Å². The van der Waals surface area contributed by atoms with Crippen LogP contribution in [-0.2, 0) is 21.0 Å². The molecule has 0 aliphatic heterocycles. The monoisotopic (exact) mass is 395 g/mol. The number of rotatable bonds is 4. The lowest BCUT2D eigenvalue weighted by Gasteiger charge is -2.10. The van der Waals surface area contributed by atoms with Crippen LogP contribution in [0.2, 0.25) is 0 Å². The molecule has 6 nitrogen and oxygen atoms in total. The summed E-state index contributed by atoms with van der Waals surface area (Å²) in [6.45, 7) is 0. The molecule has 10 heteroatoms. The Morgan fingerprint density at radius 3 is 2.22 bits per heavy atom. The van der Waals surface area contributed by atoms with E-state index in [4.69, 9.17) is 10.4 Å². The van der Waals surface area contributed by atoms with E-state index in [-0.39, 0.29) is 16.1 Å². The van der Waals surface area contributed by atoms with Gasteiger partial charge in [-0.15, -0.1) is 0 Å². The van der Waals surface area contributed by atoms with Crippen LogP contribution in [-0.4, -0.2) is 14.3 Å². The maximum atomic E-state index is 13.0. The third kappa shape index (κ3) is 5.16. The van der Waals surface area contributed by atoms with E-state index in [9.17, 15) is 26.4 Å². The number of benzene rings is 2. The molecule has 0 aromatic heterocycles. The van der Waals surface area contributed by atoms with Gasteiger partial charge in [0.05, 0.1) is 10.5 Å². The summed E-state index contributed by atoms with van der Waals surface area (Å²) in [6, 6.07) is 10.8. The van der Waals surface area contributed by atoms with Gasteiger partial charge in [0.1, 0.15) is 11.6 Å². The third-order valence-corrected chi connectivity index (χ3v) is 4.30. The van der Waals surface area contributed by atoms with Gasteiger partial charge in [-0.2, -0.15) is 18.4 Å². The first-order valence-corrected chi connectivity index (χ1v) is 8.79. The molecule has 0 bridgehead atoms. The van der Waals surface area contributed by atoms with Crippen molar-refractivity contribution >= 4 is 27.7 Å². The Morgan fingerprint density at radius 2 is 1.70 bits per heavy atom. The molecule has 3 N–H and O–H groups in total. The average molecular weight is 395 g/mol. The SMILES string of the molecule is N#CC(=Cc1ccccc1C(F)(F)F)C(=O)Nc1ccc(S(N)(=O)=O)cc1. The van der Waals surface area contributed by atoms with E-state index in [2.05, 4.69) is 5.32 Å². The predicted octanol–water partition coefficient (Wildman–Crippen LogP) is 2.90. The molecular formula is C17H12F3N3O3S. The highest BCUT2D eigenvalue weighted by Gasteiger charge is 2.32. The minimum atomic E-state index is -4.65. The normalized spacial score (nSPS) is 12.3. The molecule has 1 amide bonds. The summed E-state index contributed by atoms with van der Waals surface area (Å²) in [5.74, 6) is -0.946. The maximum Gasteiger partial charge on any atom is 0.416 e. The number of carbonyl (C=O) groups excluding carboxylic acids is 1. The molecular weight excluding hydrogens is 383 g/mol. The van der Waals surface area contributed by atoms with Crippen molar-refractivity contribution in [2.24, 2.45) is 5.14 Å². The highest BCUT2D eigenvalue weighted by molar-refractivity contribution is 7.89.